The fourth-order valence-electron chi connectivity index (χ4n) is 0.876. The predicted molar refractivity (Wildman–Crippen MR) is 65.0 cm³/mol. The van der Waals surface area contributed by atoms with Crippen LogP contribution >= 0.6 is 47.8 Å². The second kappa shape index (κ2) is 5.20. The van der Waals surface area contributed by atoms with Gasteiger partial charge in [-0.2, -0.15) is 0 Å². The summed E-state index contributed by atoms with van der Waals surface area (Å²) in [5.41, 5.74) is 2.44. The van der Waals surface area contributed by atoms with Crippen molar-refractivity contribution in [3.05, 3.63) is 39.3 Å². The molecule has 0 spiro atoms. The molecule has 0 saturated carbocycles. The highest BCUT2D eigenvalue weighted by molar-refractivity contribution is 9.28. The molecule has 1 aromatic carbocycles. The number of halogens is 3. The molecule has 12 heavy (non-hydrogen) atoms. The van der Waals surface area contributed by atoms with E-state index >= 15 is 0 Å². The molecule has 0 aromatic heterocycles. The summed E-state index contributed by atoms with van der Waals surface area (Å²) >= 11 is 10.2. The first kappa shape index (κ1) is 10.5. The summed E-state index contributed by atoms with van der Waals surface area (Å²) in [7, 11) is 0. The summed E-state index contributed by atoms with van der Waals surface area (Å²) in [6.07, 6.45) is 0. The van der Waals surface area contributed by atoms with Crippen LogP contribution in [-0.4, -0.2) is 5.33 Å². The zero-order valence-electron chi connectivity index (χ0n) is 6.23. The van der Waals surface area contributed by atoms with Gasteiger partial charge in [-0.05, 0) is 43.0 Å². The summed E-state index contributed by atoms with van der Waals surface area (Å²) in [5.74, 6) is 0. The second-order valence-electron chi connectivity index (χ2n) is 2.24. The van der Waals surface area contributed by atoms with Gasteiger partial charge in [0.05, 0.1) is 3.39 Å². The number of hydrogen-bond donors (Lipinski definition) is 0. The largest absolute Gasteiger partial charge is 0.0875 e. The molecule has 0 nitrogen and oxygen atoms in total. The van der Waals surface area contributed by atoms with Crippen LogP contribution in [0.15, 0.2) is 33.7 Å². The molecule has 0 heterocycles. The first-order valence-electron chi connectivity index (χ1n) is 3.41. The smallest absolute Gasteiger partial charge is 0.0650 e. The molecule has 0 atom stereocenters. The van der Waals surface area contributed by atoms with Crippen molar-refractivity contribution >= 4 is 53.4 Å². The van der Waals surface area contributed by atoms with Gasteiger partial charge in [-0.15, -0.1) is 0 Å². The molecule has 0 fully saturated rings. The molecule has 3 heteroatoms. The Hall–Kier alpha value is 0.400. The number of hydrogen-bond acceptors (Lipinski definition) is 0. The molecule has 1 aromatic rings. The lowest BCUT2D eigenvalue weighted by Crippen LogP contribution is -1.84. The second-order valence-corrected chi connectivity index (χ2v) is 5.45. The van der Waals surface area contributed by atoms with Gasteiger partial charge in [0, 0.05) is 5.33 Å². The molecular formula is C9H7Br3. The average molecular weight is 355 g/mol. The van der Waals surface area contributed by atoms with Gasteiger partial charge in [-0.3, -0.25) is 0 Å². The Labute approximate surface area is 97.4 Å². The Bertz CT molecular complexity index is 273. The maximum atomic E-state index is 3.44. The van der Waals surface area contributed by atoms with E-state index in [1.165, 1.54) is 11.1 Å². The van der Waals surface area contributed by atoms with Gasteiger partial charge in [0.2, 0.25) is 0 Å². The van der Waals surface area contributed by atoms with Crippen molar-refractivity contribution in [1.29, 1.82) is 0 Å². The van der Waals surface area contributed by atoms with Crippen LogP contribution in [0.1, 0.15) is 5.56 Å². The molecule has 0 N–H and O–H groups in total. The molecule has 0 bridgehead atoms. The summed E-state index contributed by atoms with van der Waals surface area (Å²) in [6.45, 7) is 0. The van der Waals surface area contributed by atoms with Crippen molar-refractivity contribution < 1.29 is 0 Å². The maximum absolute atomic E-state index is 3.44. The third-order valence-electron chi connectivity index (χ3n) is 1.48. The third-order valence-corrected chi connectivity index (χ3v) is 3.00. The molecule has 0 aliphatic carbocycles. The highest BCUT2D eigenvalue weighted by Gasteiger charge is 2.02. The first-order valence-corrected chi connectivity index (χ1v) is 6.12. The standard InChI is InChI=1S/C9H7Br3/c10-6-8(9(11)12)7-4-2-1-3-5-7/h1-5H,6H2. The van der Waals surface area contributed by atoms with Crippen LogP contribution in [0.5, 0.6) is 0 Å². The molecule has 1 rings (SSSR count). The molecule has 0 unspecified atom stereocenters. The molecule has 0 saturated heterocycles. The van der Waals surface area contributed by atoms with Gasteiger partial charge < -0.3 is 0 Å². The average Bonchev–Trinajstić information content (AvgIpc) is 2.07. The fraction of sp³-hybridized carbons (Fsp3) is 0.111. The minimum atomic E-state index is 0.836. The van der Waals surface area contributed by atoms with Crippen LogP contribution in [-0.2, 0) is 0 Å². The zero-order valence-corrected chi connectivity index (χ0v) is 11.0. The molecule has 0 aliphatic rings. The van der Waals surface area contributed by atoms with E-state index in [-0.39, 0.29) is 0 Å². The Morgan fingerprint density at radius 3 is 2.08 bits per heavy atom. The van der Waals surface area contributed by atoms with E-state index in [2.05, 4.69) is 59.9 Å². The normalized spacial score (nSPS) is 9.58. The number of alkyl halides is 1. The van der Waals surface area contributed by atoms with Crippen LogP contribution in [0.4, 0.5) is 0 Å². The lowest BCUT2D eigenvalue weighted by atomic mass is 10.1. The lowest BCUT2D eigenvalue weighted by molar-refractivity contribution is 1.59. The molecule has 0 aliphatic heterocycles. The van der Waals surface area contributed by atoms with Gasteiger partial charge in [0.1, 0.15) is 0 Å². The van der Waals surface area contributed by atoms with Crippen molar-refractivity contribution in [3.63, 3.8) is 0 Å². The van der Waals surface area contributed by atoms with Crippen molar-refractivity contribution in [2.75, 3.05) is 5.33 Å². The molecule has 0 radical (unpaired) electrons. The highest BCUT2D eigenvalue weighted by atomic mass is 79.9. The van der Waals surface area contributed by atoms with Crippen molar-refractivity contribution in [2.24, 2.45) is 0 Å². The molecular weight excluding hydrogens is 348 g/mol. The minimum absolute atomic E-state index is 0.836. The number of allylic oxidation sites excluding steroid dienone is 1. The van der Waals surface area contributed by atoms with E-state index in [1.807, 2.05) is 18.2 Å². The lowest BCUT2D eigenvalue weighted by Gasteiger charge is -2.03. The third kappa shape index (κ3) is 2.71. The predicted octanol–water partition coefficient (Wildman–Crippen LogP) is 4.54. The van der Waals surface area contributed by atoms with E-state index in [1.54, 1.807) is 0 Å². The Balaban J connectivity index is 3.05. The number of benzene rings is 1. The zero-order chi connectivity index (χ0) is 8.97. The van der Waals surface area contributed by atoms with Crippen molar-refractivity contribution in [2.45, 2.75) is 0 Å². The van der Waals surface area contributed by atoms with Crippen LogP contribution in [0.3, 0.4) is 0 Å². The molecule has 64 valence electrons. The summed E-state index contributed by atoms with van der Waals surface area (Å²) in [4.78, 5) is 0. The fourth-order valence-corrected chi connectivity index (χ4v) is 2.97. The number of rotatable bonds is 2. The Kier molecular flexibility index (Phi) is 4.54. The van der Waals surface area contributed by atoms with Crippen molar-refractivity contribution in [3.8, 4) is 0 Å². The van der Waals surface area contributed by atoms with E-state index < -0.39 is 0 Å². The van der Waals surface area contributed by atoms with Crippen LogP contribution < -0.4 is 0 Å². The van der Waals surface area contributed by atoms with E-state index in [9.17, 15) is 0 Å². The highest BCUT2D eigenvalue weighted by Crippen LogP contribution is 2.28. The van der Waals surface area contributed by atoms with Gasteiger partial charge in [0.25, 0.3) is 0 Å². The van der Waals surface area contributed by atoms with E-state index in [0.717, 1.165) is 8.72 Å². The van der Waals surface area contributed by atoms with E-state index in [0.29, 0.717) is 0 Å². The van der Waals surface area contributed by atoms with Gasteiger partial charge in [-0.1, -0.05) is 46.3 Å². The SMILES string of the molecule is BrCC(=C(Br)Br)c1ccccc1. The van der Waals surface area contributed by atoms with Crippen molar-refractivity contribution in [1.82, 2.24) is 0 Å². The summed E-state index contributed by atoms with van der Waals surface area (Å²) in [5, 5.41) is 0.836. The minimum Gasteiger partial charge on any atom is -0.0875 e. The summed E-state index contributed by atoms with van der Waals surface area (Å²) in [6, 6.07) is 10.2. The van der Waals surface area contributed by atoms with E-state index in [4.69, 9.17) is 0 Å². The monoisotopic (exact) mass is 352 g/mol. The first-order chi connectivity index (χ1) is 5.75. The van der Waals surface area contributed by atoms with Crippen LogP contribution in [0, 0.1) is 0 Å². The Morgan fingerprint density at radius 1 is 1.08 bits per heavy atom. The Morgan fingerprint density at radius 2 is 1.67 bits per heavy atom. The van der Waals surface area contributed by atoms with Gasteiger partial charge >= 0.3 is 0 Å². The van der Waals surface area contributed by atoms with Gasteiger partial charge in [0.15, 0.2) is 0 Å². The topological polar surface area (TPSA) is 0 Å². The maximum Gasteiger partial charge on any atom is 0.0650 e. The van der Waals surface area contributed by atoms with Crippen LogP contribution in [0.2, 0.25) is 0 Å². The quantitative estimate of drug-likeness (QED) is 0.684. The molecule has 0 amide bonds. The van der Waals surface area contributed by atoms with Gasteiger partial charge in [-0.25, -0.2) is 0 Å². The summed E-state index contributed by atoms with van der Waals surface area (Å²) < 4.78 is 0.998. The van der Waals surface area contributed by atoms with Crippen LogP contribution in [0.25, 0.3) is 5.57 Å².